The van der Waals surface area contributed by atoms with Crippen molar-refractivity contribution >= 4 is 12.2 Å². The molecule has 0 radical (unpaired) electrons. The van der Waals surface area contributed by atoms with Gasteiger partial charge in [-0.05, 0) is 40.3 Å². The molecule has 0 aliphatic carbocycles. The molecule has 0 aliphatic rings. The summed E-state index contributed by atoms with van der Waals surface area (Å²) in [6.07, 6.45) is 1.60. The van der Waals surface area contributed by atoms with Crippen LogP contribution in [0.4, 0.5) is 5.95 Å². The summed E-state index contributed by atoms with van der Waals surface area (Å²) in [5.74, 6) is 0.934. The van der Waals surface area contributed by atoms with Crippen molar-refractivity contribution in [3.8, 4) is 5.75 Å². The standard InChI is InChI=1S/C9H10N6O/c1-16-8-4-2-7(3-5-8)6-11-15-9(10)12-13-14-15/h2-6H,1H3,(H2,10,12,14)/b11-6-. The molecular formula is C9H10N6O. The molecule has 7 nitrogen and oxygen atoms in total. The minimum Gasteiger partial charge on any atom is -0.497 e. The number of rotatable bonds is 3. The Labute approximate surface area is 91.5 Å². The lowest BCUT2D eigenvalue weighted by Crippen LogP contribution is -1.99. The van der Waals surface area contributed by atoms with Gasteiger partial charge >= 0.3 is 0 Å². The quantitative estimate of drug-likeness (QED) is 0.740. The molecule has 2 rings (SSSR count). The Hall–Kier alpha value is -2.44. The first kappa shape index (κ1) is 10.1. The fourth-order valence-corrected chi connectivity index (χ4v) is 1.08. The monoisotopic (exact) mass is 218 g/mol. The third-order valence-corrected chi connectivity index (χ3v) is 1.91. The van der Waals surface area contributed by atoms with Crippen LogP contribution in [0, 0.1) is 0 Å². The van der Waals surface area contributed by atoms with Gasteiger partial charge in [0.25, 0.3) is 5.95 Å². The number of nitrogens with two attached hydrogens (primary N) is 1. The van der Waals surface area contributed by atoms with Crippen molar-refractivity contribution in [3.63, 3.8) is 0 Å². The first-order valence-corrected chi connectivity index (χ1v) is 4.52. The molecule has 7 heteroatoms. The van der Waals surface area contributed by atoms with Gasteiger partial charge in [0.2, 0.25) is 0 Å². The number of benzene rings is 1. The second-order valence-corrected chi connectivity index (χ2v) is 2.94. The van der Waals surface area contributed by atoms with Gasteiger partial charge in [0.15, 0.2) is 0 Å². The number of methoxy groups -OCH3 is 1. The van der Waals surface area contributed by atoms with Crippen molar-refractivity contribution in [3.05, 3.63) is 29.8 Å². The molecule has 16 heavy (non-hydrogen) atoms. The van der Waals surface area contributed by atoms with E-state index in [0.717, 1.165) is 16.1 Å². The van der Waals surface area contributed by atoms with Crippen LogP contribution in [0.2, 0.25) is 0 Å². The van der Waals surface area contributed by atoms with Gasteiger partial charge in [-0.15, -0.1) is 0 Å². The zero-order chi connectivity index (χ0) is 11.4. The summed E-state index contributed by atoms with van der Waals surface area (Å²) in [5.41, 5.74) is 6.34. The molecule has 0 amide bonds. The highest BCUT2D eigenvalue weighted by atomic mass is 16.5. The van der Waals surface area contributed by atoms with Gasteiger partial charge in [-0.25, -0.2) is 0 Å². The van der Waals surface area contributed by atoms with Gasteiger partial charge < -0.3 is 10.5 Å². The molecule has 82 valence electrons. The molecule has 0 spiro atoms. The zero-order valence-corrected chi connectivity index (χ0v) is 8.61. The van der Waals surface area contributed by atoms with Crippen LogP contribution in [0.3, 0.4) is 0 Å². The minimum absolute atomic E-state index is 0.143. The smallest absolute Gasteiger partial charge is 0.263 e. The highest BCUT2D eigenvalue weighted by molar-refractivity contribution is 5.79. The highest BCUT2D eigenvalue weighted by Crippen LogP contribution is 2.09. The van der Waals surface area contributed by atoms with Crippen molar-refractivity contribution in [2.45, 2.75) is 0 Å². The number of ether oxygens (including phenoxy) is 1. The molecule has 1 heterocycles. The van der Waals surface area contributed by atoms with Gasteiger partial charge in [-0.1, -0.05) is 9.89 Å². The van der Waals surface area contributed by atoms with E-state index in [0.29, 0.717) is 0 Å². The van der Waals surface area contributed by atoms with Crippen LogP contribution in [-0.2, 0) is 0 Å². The molecule has 1 aromatic heterocycles. The third kappa shape index (κ3) is 2.14. The summed E-state index contributed by atoms with van der Waals surface area (Å²) in [6, 6.07) is 7.40. The van der Waals surface area contributed by atoms with E-state index in [1.54, 1.807) is 13.3 Å². The van der Waals surface area contributed by atoms with Crippen molar-refractivity contribution in [2.24, 2.45) is 5.10 Å². The zero-order valence-electron chi connectivity index (χ0n) is 8.61. The average Bonchev–Trinajstić information content (AvgIpc) is 2.73. The summed E-state index contributed by atoms with van der Waals surface area (Å²) < 4.78 is 5.04. The summed E-state index contributed by atoms with van der Waals surface area (Å²) in [7, 11) is 1.62. The average molecular weight is 218 g/mol. The van der Waals surface area contributed by atoms with Crippen LogP contribution >= 0.6 is 0 Å². The Bertz CT molecular complexity index is 489. The first-order chi connectivity index (χ1) is 7.79. The first-order valence-electron chi connectivity index (χ1n) is 4.52. The number of nitrogen functional groups attached to an aromatic ring is 1. The molecule has 0 unspecified atom stereocenters. The van der Waals surface area contributed by atoms with Gasteiger partial charge in [-0.2, -0.15) is 5.10 Å². The van der Waals surface area contributed by atoms with Crippen LogP contribution < -0.4 is 10.5 Å². The van der Waals surface area contributed by atoms with E-state index in [2.05, 4.69) is 20.6 Å². The van der Waals surface area contributed by atoms with E-state index < -0.39 is 0 Å². The van der Waals surface area contributed by atoms with Gasteiger partial charge in [-0.3, -0.25) is 0 Å². The Kier molecular flexibility index (Phi) is 2.77. The predicted octanol–water partition coefficient (Wildman–Crippen LogP) is 0.146. The van der Waals surface area contributed by atoms with Gasteiger partial charge in [0.1, 0.15) is 5.75 Å². The van der Waals surface area contributed by atoms with E-state index in [-0.39, 0.29) is 5.95 Å². The Morgan fingerprint density at radius 1 is 1.38 bits per heavy atom. The molecule has 1 aromatic carbocycles. The highest BCUT2D eigenvalue weighted by Gasteiger charge is 1.96. The molecular weight excluding hydrogens is 208 g/mol. The predicted molar refractivity (Wildman–Crippen MR) is 58.2 cm³/mol. The largest absolute Gasteiger partial charge is 0.497 e. The maximum Gasteiger partial charge on any atom is 0.263 e. The molecule has 0 saturated heterocycles. The number of tetrazole rings is 1. The van der Waals surface area contributed by atoms with E-state index in [4.69, 9.17) is 10.5 Å². The second-order valence-electron chi connectivity index (χ2n) is 2.94. The lowest BCUT2D eigenvalue weighted by atomic mass is 10.2. The number of hydrogen-bond acceptors (Lipinski definition) is 6. The Morgan fingerprint density at radius 3 is 2.69 bits per heavy atom. The van der Waals surface area contributed by atoms with Crippen LogP contribution in [0.25, 0.3) is 0 Å². The second kappa shape index (κ2) is 4.39. The van der Waals surface area contributed by atoms with Crippen LogP contribution in [0.1, 0.15) is 5.56 Å². The lowest BCUT2D eigenvalue weighted by molar-refractivity contribution is 0.415. The van der Waals surface area contributed by atoms with Crippen molar-refractivity contribution in [1.82, 2.24) is 20.3 Å². The van der Waals surface area contributed by atoms with Crippen LogP contribution in [0.5, 0.6) is 5.75 Å². The summed E-state index contributed by atoms with van der Waals surface area (Å²) in [6.45, 7) is 0. The Morgan fingerprint density at radius 2 is 2.12 bits per heavy atom. The maximum atomic E-state index is 5.44. The molecule has 0 saturated carbocycles. The SMILES string of the molecule is COc1ccc(/C=N\n2nnnc2N)cc1. The maximum absolute atomic E-state index is 5.44. The Balaban J connectivity index is 2.14. The lowest BCUT2D eigenvalue weighted by Gasteiger charge is -1.98. The number of nitrogens with zero attached hydrogens (tertiary/aromatic N) is 5. The topological polar surface area (TPSA) is 91.2 Å². The van der Waals surface area contributed by atoms with Crippen molar-refractivity contribution in [1.29, 1.82) is 0 Å². The molecule has 0 atom stereocenters. The van der Waals surface area contributed by atoms with E-state index in [1.807, 2.05) is 24.3 Å². The minimum atomic E-state index is 0.143. The van der Waals surface area contributed by atoms with Crippen molar-refractivity contribution in [2.75, 3.05) is 12.8 Å². The van der Waals surface area contributed by atoms with Gasteiger partial charge in [0.05, 0.1) is 13.3 Å². The van der Waals surface area contributed by atoms with Crippen LogP contribution in [-0.4, -0.2) is 33.6 Å². The summed E-state index contributed by atoms with van der Waals surface area (Å²) >= 11 is 0. The summed E-state index contributed by atoms with van der Waals surface area (Å²) in [5, 5.41) is 14.4. The fourth-order valence-electron chi connectivity index (χ4n) is 1.08. The number of hydrogen-bond donors (Lipinski definition) is 1. The molecule has 2 aromatic rings. The van der Waals surface area contributed by atoms with Gasteiger partial charge in [0, 0.05) is 0 Å². The normalized spacial score (nSPS) is 10.8. The third-order valence-electron chi connectivity index (χ3n) is 1.91. The van der Waals surface area contributed by atoms with E-state index >= 15 is 0 Å². The number of anilines is 1. The summed E-state index contributed by atoms with van der Waals surface area (Å²) in [4.78, 5) is 1.14. The van der Waals surface area contributed by atoms with E-state index in [1.165, 1.54) is 0 Å². The van der Waals surface area contributed by atoms with Crippen LogP contribution in [0.15, 0.2) is 29.4 Å². The number of aromatic nitrogens is 4. The molecule has 0 fully saturated rings. The van der Waals surface area contributed by atoms with Crippen molar-refractivity contribution < 1.29 is 4.74 Å². The molecule has 0 bridgehead atoms. The fraction of sp³-hybridized carbons (Fsp3) is 0.111. The van der Waals surface area contributed by atoms with E-state index in [9.17, 15) is 0 Å². The molecule has 2 N–H and O–H groups in total. The molecule has 0 aliphatic heterocycles.